The molecule has 0 bridgehead atoms. The SMILES string of the molecule is Cc1ccc2c(c1)C(=O)O[C@H](C(=O)Nc1ccc(F)cc1)C2. The number of carbonyl (C=O) groups is 2. The molecule has 5 heteroatoms. The van der Waals surface area contributed by atoms with Crippen LogP contribution in [-0.2, 0) is 16.0 Å². The van der Waals surface area contributed by atoms with Crippen LogP contribution in [0.3, 0.4) is 0 Å². The van der Waals surface area contributed by atoms with Gasteiger partial charge in [0.25, 0.3) is 5.91 Å². The number of halogens is 1. The van der Waals surface area contributed by atoms with E-state index >= 15 is 0 Å². The second kappa shape index (κ2) is 5.60. The second-order valence-electron chi connectivity index (χ2n) is 5.25. The van der Waals surface area contributed by atoms with Crippen molar-refractivity contribution in [1.82, 2.24) is 0 Å². The van der Waals surface area contributed by atoms with Crippen LogP contribution in [-0.4, -0.2) is 18.0 Å². The van der Waals surface area contributed by atoms with Crippen LogP contribution in [0.1, 0.15) is 21.5 Å². The first-order chi connectivity index (χ1) is 10.5. The molecule has 3 rings (SSSR count). The van der Waals surface area contributed by atoms with Gasteiger partial charge in [0.2, 0.25) is 0 Å². The van der Waals surface area contributed by atoms with Gasteiger partial charge in [-0.05, 0) is 42.8 Å². The Balaban J connectivity index is 1.76. The van der Waals surface area contributed by atoms with E-state index in [-0.39, 0.29) is 5.82 Å². The zero-order valence-corrected chi connectivity index (χ0v) is 11.9. The van der Waals surface area contributed by atoms with Gasteiger partial charge in [0.05, 0.1) is 5.56 Å². The van der Waals surface area contributed by atoms with Gasteiger partial charge in [-0.1, -0.05) is 17.7 Å². The van der Waals surface area contributed by atoms with Gasteiger partial charge < -0.3 is 10.1 Å². The van der Waals surface area contributed by atoms with E-state index in [0.717, 1.165) is 11.1 Å². The molecule has 1 aliphatic rings. The molecule has 1 amide bonds. The minimum Gasteiger partial charge on any atom is -0.448 e. The van der Waals surface area contributed by atoms with Crippen LogP contribution in [0.25, 0.3) is 0 Å². The normalized spacial score (nSPS) is 16.6. The molecule has 0 fully saturated rings. The quantitative estimate of drug-likeness (QED) is 0.868. The Morgan fingerprint density at radius 1 is 1.23 bits per heavy atom. The molecule has 2 aromatic rings. The molecule has 0 saturated carbocycles. The molecule has 0 aliphatic carbocycles. The van der Waals surface area contributed by atoms with E-state index in [2.05, 4.69) is 5.32 Å². The Labute approximate surface area is 126 Å². The maximum Gasteiger partial charge on any atom is 0.339 e. The van der Waals surface area contributed by atoms with Crippen molar-refractivity contribution >= 4 is 17.6 Å². The molecule has 0 spiro atoms. The number of rotatable bonds is 2. The summed E-state index contributed by atoms with van der Waals surface area (Å²) >= 11 is 0. The lowest BCUT2D eigenvalue weighted by Gasteiger charge is -2.24. The van der Waals surface area contributed by atoms with Crippen LogP contribution in [0, 0.1) is 12.7 Å². The number of amides is 1. The topological polar surface area (TPSA) is 55.4 Å². The number of aryl methyl sites for hydroxylation is 1. The molecule has 1 heterocycles. The van der Waals surface area contributed by atoms with Crippen LogP contribution in [0.5, 0.6) is 0 Å². The van der Waals surface area contributed by atoms with Crippen molar-refractivity contribution in [1.29, 1.82) is 0 Å². The molecule has 0 radical (unpaired) electrons. The van der Waals surface area contributed by atoms with Crippen LogP contribution in [0.4, 0.5) is 10.1 Å². The standard InChI is InChI=1S/C17H14FNO3/c1-10-2-3-11-9-15(22-17(21)14(11)8-10)16(20)19-13-6-4-12(18)5-7-13/h2-8,15H,9H2,1H3,(H,19,20)/t15-/m0/s1. The molecular weight excluding hydrogens is 285 g/mol. The van der Waals surface area contributed by atoms with Crippen molar-refractivity contribution in [2.75, 3.05) is 5.32 Å². The number of ether oxygens (including phenoxy) is 1. The fourth-order valence-corrected chi connectivity index (χ4v) is 2.39. The van der Waals surface area contributed by atoms with Gasteiger partial charge >= 0.3 is 5.97 Å². The fourth-order valence-electron chi connectivity index (χ4n) is 2.39. The molecule has 1 aliphatic heterocycles. The van der Waals surface area contributed by atoms with Gasteiger partial charge in [0.15, 0.2) is 6.10 Å². The van der Waals surface area contributed by atoms with Crippen molar-refractivity contribution < 1.29 is 18.7 Å². The third-order valence-electron chi connectivity index (χ3n) is 3.54. The van der Waals surface area contributed by atoms with Crippen LogP contribution in [0.15, 0.2) is 42.5 Å². The van der Waals surface area contributed by atoms with E-state index in [1.54, 1.807) is 6.07 Å². The lowest BCUT2D eigenvalue weighted by atomic mass is 9.96. The summed E-state index contributed by atoms with van der Waals surface area (Å²) < 4.78 is 18.0. The number of hydrogen-bond donors (Lipinski definition) is 1. The van der Waals surface area contributed by atoms with E-state index in [0.29, 0.717) is 17.7 Å². The Bertz CT molecular complexity index is 740. The third kappa shape index (κ3) is 2.83. The number of nitrogens with one attached hydrogen (secondary N) is 1. The summed E-state index contributed by atoms with van der Waals surface area (Å²) in [4.78, 5) is 24.2. The molecule has 2 aromatic carbocycles. The van der Waals surface area contributed by atoms with E-state index in [1.165, 1.54) is 24.3 Å². The summed E-state index contributed by atoms with van der Waals surface area (Å²) in [6.45, 7) is 1.89. The fraction of sp³-hybridized carbons (Fsp3) is 0.176. The van der Waals surface area contributed by atoms with Crippen LogP contribution < -0.4 is 5.32 Å². The number of cyclic esters (lactones) is 1. The minimum atomic E-state index is -0.882. The minimum absolute atomic E-state index is 0.328. The van der Waals surface area contributed by atoms with Gasteiger partial charge in [-0.15, -0.1) is 0 Å². The summed E-state index contributed by atoms with van der Waals surface area (Å²) in [5.41, 5.74) is 2.72. The Hall–Kier alpha value is -2.69. The van der Waals surface area contributed by atoms with Crippen molar-refractivity contribution in [3.05, 3.63) is 65.0 Å². The maximum atomic E-state index is 12.8. The molecule has 112 valence electrons. The van der Waals surface area contributed by atoms with E-state index in [4.69, 9.17) is 4.74 Å². The molecular formula is C17H14FNO3. The third-order valence-corrected chi connectivity index (χ3v) is 3.54. The monoisotopic (exact) mass is 299 g/mol. The second-order valence-corrected chi connectivity index (χ2v) is 5.25. The highest BCUT2D eigenvalue weighted by atomic mass is 19.1. The predicted molar refractivity (Wildman–Crippen MR) is 79.1 cm³/mol. The number of esters is 1. The van der Waals surface area contributed by atoms with Crippen LogP contribution >= 0.6 is 0 Å². The highest BCUT2D eigenvalue weighted by Gasteiger charge is 2.31. The number of benzene rings is 2. The summed E-state index contributed by atoms with van der Waals surface area (Å²) in [7, 11) is 0. The molecule has 0 aromatic heterocycles. The number of carbonyl (C=O) groups excluding carboxylic acids is 2. The number of anilines is 1. The first-order valence-corrected chi connectivity index (χ1v) is 6.90. The number of fused-ring (bicyclic) bond motifs is 1. The lowest BCUT2D eigenvalue weighted by molar-refractivity contribution is -0.125. The van der Waals surface area contributed by atoms with Gasteiger partial charge in [0, 0.05) is 12.1 Å². The molecule has 22 heavy (non-hydrogen) atoms. The highest BCUT2D eigenvalue weighted by Crippen LogP contribution is 2.23. The predicted octanol–water partition coefficient (Wildman–Crippen LogP) is 2.85. The first kappa shape index (κ1) is 14.3. The number of hydrogen-bond acceptors (Lipinski definition) is 3. The van der Waals surface area contributed by atoms with Crippen LogP contribution in [0.2, 0.25) is 0 Å². The molecule has 1 atom stereocenters. The van der Waals surface area contributed by atoms with Crippen molar-refractivity contribution in [3.63, 3.8) is 0 Å². The summed E-state index contributed by atoms with van der Waals surface area (Å²) in [6.07, 6.45) is -0.554. The molecule has 0 unspecified atom stereocenters. The molecule has 1 N–H and O–H groups in total. The van der Waals surface area contributed by atoms with Crippen molar-refractivity contribution in [2.45, 2.75) is 19.4 Å². The van der Waals surface area contributed by atoms with E-state index in [9.17, 15) is 14.0 Å². The first-order valence-electron chi connectivity index (χ1n) is 6.90. The van der Waals surface area contributed by atoms with Gasteiger partial charge in [0.1, 0.15) is 5.82 Å². The molecule has 4 nitrogen and oxygen atoms in total. The summed E-state index contributed by atoms with van der Waals surface area (Å²) in [5.74, 6) is -1.30. The summed E-state index contributed by atoms with van der Waals surface area (Å²) in [5, 5.41) is 2.62. The highest BCUT2D eigenvalue weighted by molar-refractivity contribution is 6.00. The summed E-state index contributed by atoms with van der Waals surface area (Å²) in [6, 6.07) is 10.9. The Morgan fingerprint density at radius 2 is 1.95 bits per heavy atom. The molecule has 0 saturated heterocycles. The zero-order valence-electron chi connectivity index (χ0n) is 11.9. The Kier molecular flexibility index (Phi) is 3.63. The maximum absolute atomic E-state index is 12.8. The Morgan fingerprint density at radius 3 is 2.68 bits per heavy atom. The van der Waals surface area contributed by atoms with Crippen molar-refractivity contribution in [3.8, 4) is 0 Å². The van der Waals surface area contributed by atoms with E-state index < -0.39 is 18.0 Å². The van der Waals surface area contributed by atoms with Gasteiger partial charge in [-0.25, -0.2) is 9.18 Å². The zero-order chi connectivity index (χ0) is 15.7. The lowest BCUT2D eigenvalue weighted by Crippen LogP contribution is -2.38. The average molecular weight is 299 g/mol. The average Bonchev–Trinajstić information content (AvgIpc) is 2.50. The van der Waals surface area contributed by atoms with E-state index in [1.807, 2.05) is 19.1 Å². The van der Waals surface area contributed by atoms with Gasteiger partial charge in [-0.2, -0.15) is 0 Å². The van der Waals surface area contributed by atoms with Gasteiger partial charge in [-0.3, -0.25) is 4.79 Å². The van der Waals surface area contributed by atoms with Crippen molar-refractivity contribution in [2.24, 2.45) is 0 Å². The smallest absolute Gasteiger partial charge is 0.339 e. The largest absolute Gasteiger partial charge is 0.448 e.